The predicted octanol–water partition coefficient (Wildman–Crippen LogP) is 3.99. The fourth-order valence-electron chi connectivity index (χ4n) is 4.87. The van der Waals surface area contributed by atoms with Crippen molar-refractivity contribution < 1.29 is 4.74 Å². The van der Waals surface area contributed by atoms with Crippen LogP contribution in [0.4, 0.5) is 0 Å². The molecule has 1 saturated carbocycles. The molecule has 2 rings (SSSR count). The molecule has 0 amide bonds. The van der Waals surface area contributed by atoms with Gasteiger partial charge in [0.25, 0.3) is 0 Å². The van der Waals surface area contributed by atoms with Crippen molar-refractivity contribution in [3.8, 4) is 0 Å². The summed E-state index contributed by atoms with van der Waals surface area (Å²) >= 11 is 0. The third kappa shape index (κ3) is 2.85. The first-order valence-electron chi connectivity index (χ1n) is 7.96. The highest BCUT2D eigenvalue weighted by Crippen LogP contribution is 2.51. The van der Waals surface area contributed by atoms with Gasteiger partial charge in [0, 0.05) is 12.0 Å². The molecule has 1 aliphatic carbocycles. The minimum Gasteiger partial charge on any atom is -0.369 e. The summed E-state index contributed by atoms with van der Waals surface area (Å²) in [6.45, 7) is 13.9. The van der Waals surface area contributed by atoms with Crippen molar-refractivity contribution in [1.29, 1.82) is 0 Å². The quantitative estimate of drug-likeness (QED) is 0.834. The SMILES string of the molecule is CNC(C1CCCC1(C)C)C1CC(C)(C)OC1(C)C. The summed E-state index contributed by atoms with van der Waals surface area (Å²) < 4.78 is 6.32. The van der Waals surface area contributed by atoms with E-state index in [1.54, 1.807) is 0 Å². The van der Waals surface area contributed by atoms with Crippen molar-refractivity contribution in [3.63, 3.8) is 0 Å². The lowest BCUT2D eigenvalue weighted by Gasteiger charge is -2.41. The van der Waals surface area contributed by atoms with Crippen molar-refractivity contribution in [2.75, 3.05) is 7.05 Å². The van der Waals surface area contributed by atoms with Crippen LogP contribution in [0.15, 0.2) is 0 Å². The summed E-state index contributed by atoms with van der Waals surface area (Å²) in [7, 11) is 2.14. The molecule has 0 aromatic heterocycles. The standard InChI is InChI=1S/C17H33NO/c1-15(2)10-8-9-12(15)14(18-7)13-11-16(3,4)19-17(13,5)6/h12-14,18H,8-11H2,1-7H3. The Kier molecular flexibility index (Phi) is 3.81. The van der Waals surface area contributed by atoms with E-state index < -0.39 is 0 Å². The van der Waals surface area contributed by atoms with Crippen LogP contribution >= 0.6 is 0 Å². The Morgan fingerprint density at radius 2 is 1.68 bits per heavy atom. The number of nitrogens with one attached hydrogen (secondary N) is 1. The van der Waals surface area contributed by atoms with Crippen LogP contribution in [0.5, 0.6) is 0 Å². The minimum absolute atomic E-state index is 0.0180. The fourth-order valence-corrected chi connectivity index (χ4v) is 4.87. The van der Waals surface area contributed by atoms with E-state index in [-0.39, 0.29) is 11.2 Å². The molecule has 1 aliphatic heterocycles. The summed E-state index contributed by atoms with van der Waals surface area (Å²) in [6.07, 6.45) is 5.28. The van der Waals surface area contributed by atoms with E-state index in [1.807, 2.05) is 0 Å². The van der Waals surface area contributed by atoms with E-state index in [1.165, 1.54) is 19.3 Å². The van der Waals surface area contributed by atoms with Gasteiger partial charge >= 0.3 is 0 Å². The second-order valence-electron chi connectivity index (χ2n) is 8.58. The Hall–Kier alpha value is -0.0800. The van der Waals surface area contributed by atoms with Gasteiger partial charge in [-0.15, -0.1) is 0 Å². The zero-order chi connectivity index (χ0) is 14.5. The van der Waals surface area contributed by atoms with Gasteiger partial charge in [-0.3, -0.25) is 0 Å². The lowest BCUT2D eigenvalue weighted by atomic mass is 9.69. The molecule has 2 fully saturated rings. The predicted molar refractivity (Wildman–Crippen MR) is 81.3 cm³/mol. The van der Waals surface area contributed by atoms with Gasteiger partial charge < -0.3 is 10.1 Å². The second kappa shape index (κ2) is 4.73. The molecule has 19 heavy (non-hydrogen) atoms. The van der Waals surface area contributed by atoms with Crippen LogP contribution < -0.4 is 5.32 Å². The third-order valence-electron chi connectivity index (χ3n) is 5.68. The maximum absolute atomic E-state index is 6.32. The second-order valence-corrected chi connectivity index (χ2v) is 8.58. The number of hydrogen-bond donors (Lipinski definition) is 1. The normalized spacial score (nSPS) is 37.4. The first-order valence-corrected chi connectivity index (χ1v) is 7.96. The van der Waals surface area contributed by atoms with Crippen LogP contribution in [0.25, 0.3) is 0 Å². The molecular formula is C17H33NO. The van der Waals surface area contributed by atoms with Crippen LogP contribution in [-0.4, -0.2) is 24.3 Å². The highest BCUT2D eigenvalue weighted by molar-refractivity contribution is 5.04. The maximum atomic E-state index is 6.32. The molecule has 2 heteroatoms. The van der Waals surface area contributed by atoms with Gasteiger partial charge in [0.2, 0.25) is 0 Å². The van der Waals surface area contributed by atoms with E-state index >= 15 is 0 Å². The minimum atomic E-state index is -0.0180. The molecule has 3 atom stereocenters. The van der Waals surface area contributed by atoms with Crippen LogP contribution in [0.1, 0.15) is 67.2 Å². The van der Waals surface area contributed by atoms with Crippen LogP contribution in [0.2, 0.25) is 0 Å². The van der Waals surface area contributed by atoms with Gasteiger partial charge in [-0.25, -0.2) is 0 Å². The summed E-state index contributed by atoms with van der Waals surface area (Å²) in [5.41, 5.74) is 0.471. The first kappa shape index (κ1) is 15.3. The number of ether oxygens (including phenoxy) is 1. The fraction of sp³-hybridized carbons (Fsp3) is 1.00. The molecule has 1 saturated heterocycles. The van der Waals surface area contributed by atoms with Crippen LogP contribution in [0, 0.1) is 17.3 Å². The monoisotopic (exact) mass is 267 g/mol. The lowest BCUT2D eigenvalue weighted by Crippen LogP contribution is -2.49. The van der Waals surface area contributed by atoms with Gasteiger partial charge in [0.1, 0.15) is 0 Å². The van der Waals surface area contributed by atoms with Gasteiger partial charge in [-0.05, 0) is 65.3 Å². The van der Waals surface area contributed by atoms with Crippen molar-refractivity contribution >= 4 is 0 Å². The van der Waals surface area contributed by atoms with E-state index in [2.05, 4.69) is 53.9 Å². The van der Waals surface area contributed by atoms with Crippen molar-refractivity contribution in [1.82, 2.24) is 5.32 Å². The smallest absolute Gasteiger partial charge is 0.0677 e. The molecule has 0 radical (unpaired) electrons. The highest BCUT2D eigenvalue weighted by atomic mass is 16.5. The Morgan fingerprint density at radius 3 is 2.05 bits per heavy atom. The van der Waals surface area contributed by atoms with Gasteiger partial charge in [-0.2, -0.15) is 0 Å². The molecule has 2 nitrogen and oxygen atoms in total. The first-order chi connectivity index (χ1) is 8.59. The molecule has 0 bridgehead atoms. The average Bonchev–Trinajstić information content (AvgIpc) is 2.66. The van der Waals surface area contributed by atoms with Crippen molar-refractivity contribution in [3.05, 3.63) is 0 Å². The Balaban J connectivity index is 2.23. The van der Waals surface area contributed by atoms with Gasteiger partial charge in [0.05, 0.1) is 11.2 Å². The summed E-state index contributed by atoms with van der Waals surface area (Å²) in [4.78, 5) is 0. The van der Waals surface area contributed by atoms with E-state index in [9.17, 15) is 0 Å². The summed E-state index contributed by atoms with van der Waals surface area (Å²) in [5, 5.41) is 3.65. The molecule has 112 valence electrons. The molecular weight excluding hydrogens is 234 g/mol. The molecule has 3 unspecified atom stereocenters. The molecule has 0 aromatic rings. The number of hydrogen-bond acceptors (Lipinski definition) is 2. The van der Waals surface area contributed by atoms with Crippen molar-refractivity contribution in [2.24, 2.45) is 17.3 Å². The summed E-state index contributed by atoms with van der Waals surface area (Å²) in [5.74, 6) is 1.38. The topological polar surface area (TPSA) is 21.3 Å². The summed E-state index contributed by atoms with van der Waals surface area (Å²) in [6, 6.07) is 0.578. The molecule has 0 spiro atoms. The largest absolute Gasteiger partial charge is 0.369 e. The Bertz CT molecular complexity index is 332. The van der Waals surface area contributed by atoms with Gasteiger partial charge in [0.15, 0.2) is 0 Å². The van der Waals surface area contributed by atoms with E-state index in [4.69, 9.17) is 4.74 Å². The van der Waals surface area contributed by atoms with Crippen LogP contribution in [-0.2, 0) is 4.74 Å². The maximum Gasteiger partial charge on any atom is 0.0677 e. The molecule has 0 aromatic carbocycles. The average molecular weight is 267 g/mol. The van der Waals surface area contributed by atoms with E-state index in [0.717, 1.165) is 12.3 Å². The zero-order valence-electron chi connectivity index (χ0n) is 14.0. The molecule has 1 heterocycles. The third-order valence-corrected chi connectivity index (χ3v) is 5.68. The Morgan fingerprint density at radius 1 is 1.05 bits per heavy atom. The Labute approximate surface area is 119 Å². The molecule has 2 aliphatic rings. The highest BCUT2D eigenvalue weighted by Gasteiger charge is 2.52. The van der Waals surface area contributed by atoms with Crippen LogP contribution in [0.3, 0.4) is 0 Å². The van der Waals surface area contributed by atoms with Gasteiger partial charge in [-0.1, -0.05) is 20.3 Å². The number of rotatable bonds is 3. The molecule has 1 N–H and O–H groups in total. The van der Waals surface area contributed by atoms with Crippen molar-refractivity contribution in [2.45, 2.75) is 84.5 Å². The van der Waals surface area contributed by atoms with E-state index in [0.29, 0.717) is 17.4 Å². The zero-order valence-corrected chi connectivity index (χ0v) is 14.0. The lowest BCUT2D eigenvalue weighted by molar-refractivity contribution is -0.0809.